The van der Waals surface area contributed by atoms with Crippen LogP contribution in [-0.4, -0.2) is 50.8 Å². The zero-order valence-corrected chi connectivity index (χ0v) is 14.3. The average Bonchev–Trinajstić information content (AvgIpc) is 3.34. The molecule has 0 aliphatic carbocycles. The number of aromatic nitrogens is 3. The van der Waals surface area contributed by atoms with E-state index in [1.807, 2.05) is 6.07 Å². The Kier molecular flexibility index (Phi) is 4.16. The van der Waals surface area contributed by atoms with E-state index in [2.05, 4.69) is 27.2 Å². The van der Waals surface area contributed by atoms with E-state index in [-0.39, 0.29) is 29.5 Å². The molecule has 0 spiro atoms. The van der Waals surface area contributed by atoms with Crippen LogP contribution in [-0.2, 0) is 0 Å². The van der Waals surface area contributed by atoms with Crippen molar-refractivity contribution in [3.63, 3.8) is 0 Å². The lowest BCUT2D eigenvalue weighted by atomic mass is 9.93. The molecule has 1 saturated heterocycles. The Morgan fingerprint density at radius 1 is 1.35 bits per heavy atom. The molecule has 0 radical (unpaired) electrons. The first-order chi connectivity index (χ1) is 12.6. The van der Waals surface area contributed by atoms with Gasteiger partial charge in [-0.2, -0.15) is 0 Å². The van der Waals surface area contributed by atoms with Crippen molar-refractivity contribution in [2.75, 3.05) is 13.1 Å². The molecule has 2 N–H and O–H groups in total. The summed E-state index contributed by atoms with van der Waals surface area (Å²) < 4.78 is 4.89. The minimum atomic E-state index is -0.177. The quantitative estimate of drug-likeness (QED) is 0.747. The van der Waals surface area contributed by atoms with Gasteiger partial charge in [0.15, 0.2) is 12.1 Å². The maximum atomic E-state index is 12.7. The molecule has 4 rings (SSSR count). The van der Waals surface area contributed by atoms with Crippen molar-refractivity contribution in [3.8, 4) is 0 Å². The highest BCUT2D eigenvalue weighted by molar-refractivity contribution is 5.97. The van der Waals surface area contributed by atoms with Crippen LogP contribution in [0.1, 0.15) is 34.2 Å². The molecule has 2 amide bonds. The second kappa shape index (κ2) is 6.62. The summed E-state index contributed by atoms with van der Waals surface area (Å²) in [6.07, 6.45) is 5.00. The number of H-pyrrole nitrogens is 1. The average molecular weight is 353 g/mol. The minimum absolute atomic E-state index is 0.121. The maximum Gasteiger partial charge on any atom is 0.275 e. The van der Waals surface area contributed by atoms with Crippen molar-refractivity contribution in [3.05, 3.63) is 48.4 Å². The van der Waals surface area contributed by atoms with Crippen LogP contribution in [0.15, 0.2) is 41.6 Å². The number of likely N-dealkylation sites (tertiary alicyclic amines) is 1. The van der Waals surface area contributed by atoms with Gasteiger partial charge in [-0.3, -0.25) is 9.59 Å². The van der Waals surface area contributed by atoms with E-state index in [4.69, 9.17) is 4.42 Å². The van der Waals surface area contributed by atoms with Crippen molar-refractivity contribution < 1.29 is 14.0 Å². The van der Waals surface area contributed by atoms with E-state index in [1.54, 1.807) is 23.4 Å². The van der Waals surface area contributed by atoms with E-state index < -0.39 is 0 Å². The zero-order valence-electron chi connectivity index (χ0n) is 14.3. The summed E-state index contributed by atoms with van der Waals surface area (Å²) in [5, 5.41) is 3.06. The molecule has 8 heteroatoms. The fraction of sp³-hybridized carbons (Fsp3) is 0.333. The lowest BCUT2D eigenvalue weighted by Crippen LogP contribution is -2.53. The van der Waals surface area contributed by atoms with Crippen molar-refractivity contribution >= 4 is 22.8 Å². The van der Waals surface area contributed by atoms with Crippen LogP contribution in [0.3, 0.4) is 0 Å². The topological polar surface area (TPSA) is 104 Å². The first-order valence-corrected chi connectivity index (χ1v) is 8.53. The number of amides is 2. The van der Waals surface area contributed by atoms with Gasteiger partial charge in [0.25, 0.3) is 11.8 Å². The van der Waals surface area contributed by atoms with Gasteiger partial charge in [-0.05, 0) is 30.5 Å². The van der Waals surface area contributed by atoms with Crippen LogP contribution in [0.4, 0.5) is 0 Å². The Morgan fingerprint density at radius 3 is 3.04 bits per heavy atom. The number of piperidine rings is 1. The summed E-state index contributed by atoms with van der Waals surface area (Å²) in [6, 6.07) is 5.23. The van der Waals surface area contributed by atoms with Gasteiger partial charge in [0.05, 0.1) is 17.4 Å². The number of hydrogen-bond donors (Lipinski definition) is 2. The summed E-state index contributed by atoms with van der Waals surface area (Å²) in [5.74, 6) is -0.0611. The van der Waals surface area contributed by atoms with Gasteiger partial charge in [0, 0.05) is 24.7 Å². The number of benzene rings is 1. The first kappa shape index (κ1) is 16.3. The van der Waals surface area contributed by atoms with Crippen LogP contribution >= 0.6 is 0 Å². The van der Waals surface area contributed by atoms with Crippen molar-refractivity contribution in [2.45, 2.75) is 19.4 Å². The minimum Gasteiger partial charge on any atom is -0.451 e. The number of carbonyl (C=O) groups is 2. The molecule has 8 nitrogen and oxygen atoms in total. The van der Waals surface area contributed by atoms with Crippen LogP contribution in [0, 0.1) is 5.92 Å². The number of hydrogen-bond acceptors (Lipinski definition) is 5. The SMILES string of the molecule is CC1CCN(C(=O)c2cocn2)CC1NC(=O)c1ccc2nc[nH]c2c1. The van der Waals surface area contributed by atoms with Gasteiger partial charge in [-0.15, -0.1) is 0 Å². The highest BCUT2D eigenvalue weighted by atomic mass is 16.3. The number of imidazole rings is 1. The van der Waals surface area contributed by atoms with E-state index in [1.165, 1.54) is 12.7 Å². The van der Waals surface area contributed by atoms with Crippen LogP contribution < -0.4 is 5.32 Å². The van der Waals surface area contributed by atoms with E-state index in [0.29, 0.717) is 18.7 Å². The fourth-order valence-corrected chi connectivity index (χ4v) is 3.25. The molecule has 2 unspecified atom stereocenters. The van der Waals surface area contributed by atoms with Crippen LogP contribution in [0.25, 0.3) is 11.0 Å². The monoisotopic (exact) mass is 353 g/mol. The fourth-order valence-electron chi connectivity index (χ4n) is 3.25. The number of rotatable bonds is 3. The van der Waals surface area contributed by atoms with Gasteiger partial charge in [0.2, 0.25) is 0 Å². The number of fused-ring (bicyclic) bond motifs is 1. The summed E-state index contributed by atoms with van der Waals surface area (Å²) in [5.41, 5.74) is 2.48. The first-order valence-electron chi connectivity index (χ1n) is 8.53. The van der Waals surface area contributed by atoms with Crippen LogP contribution in [0.2, 0.25) is 0 Å². The number of aromatic amines is 1. The third-order valence-corrected chi connectivity index (χ3v) is 4.90. The second-order valence-electron chi connectivity index (χ2n) is 6.61. The molecule has 2 atom stereocenters. The maximum absolute atomic E-state index is 12.7. The molecule has 134 valence electrons. The third kappa shape index (κ3) is 3.05. The molecule has 1 fully saturated rings. The zero-order chi connectivity index (χ0) is 18.1. The van der Waals surface area contributed by atoms with Gasteiger partial charge in [0.1, 0.15) is 6.26 Å². The molecule has 0 saturated carbocycles. The standard InChI is InChI=1S/C18H19N5O3/c1-11-4-5-23(18(25)16-8-26-10-21-16)7-15(11)22-17(24)12-2-3-13-14(6-12)20-9-19-13/h2-3,6,8-11,15H,4-5,7H2,1H3,(H,19,20)(H,22,24). The Labute approximate surface area is 149 Å². The number of nitrogens with one attached hydrogen (secondary N) is 2. The molecule has 0 bridgehead atoms. The molecule has 1 aliphatic heterocycles. The van der Waals surface area contributed by atoms with Gasteiger partial charge < -0.3 is 19.6 Å². The Morgan fingerprint density at radius 2 is 2.23 bits per heavy atom. The molecule has 3 heterocycles. The Hall–Kier alpha value is -3.16. The van der Waals surface area contributed by atoms with Crippen LogP contribution in [0.5, 0.6) is 0 Å². The third-order valence-electron chi connectivity index (χ3n) is 4.90. The predicted molar refractivity (Wildman–Crippen MR) is 93.5 cm³/mol. The molecule has 3 aromatic rings. The van der Waals surface area contributed by atoms with Gasteiger partial charge >= 0.3 is 0 Å². The number of nitrogens with zero attached hydrogens (tertiary/aromatic N) is 3. The number of carbonyl (C=O) groups excluding carboxylic acids is 2. The molecule has 1 aliphatic rings. The summed E-state index contributed by atoms with van der Waals surface area (Å²) in [6.45, 7) is 3.17. The van der Waals surface area contributed by atoms with Gasteiger partial charge in [-0.25, -0.2) is 9.97 Å². The van der Waals surface area contributed by atoms with Crippen molar-refractivity contribution in [1.29, 1.82) is 0 Å². The molecular weight excluding hydrogens is 334 g/mol. The lowest BCUT2D eigenvalue weighted by molar-refractivity contribution is 0.0619. The summed E-state index contributed by atoms with van der Waals surface area (Å²) >= 11 is 0. The summed E-state index contributed by atoms with van der Waals surface area (Å²) in [4.78, 5) is 37.9. The summed E-state index contributed by atoms with van der Waals surface area (Å²) in [7, 11) is 0. The smallest absolute Gasteiger partial charge is 0.275 e. The largest absolute Gasteiger partial charge is 0.451 e. The van der Waals surface area contributed by atoms with Crippen molar-refractivity contribution in [2.24, 2.45) is 5.92 Å². The predicted octanol–water partition coefficient (Wildman–Crippen LogP) is 1.83. The number of oxazole rings is 1. The molecule has 2 aromatic heterocycles. The normalized spacial score (nSPS) is 20.3. The van der Waals surface area contributed by atoms with Crippen molar-refractivity contribution in [1.82, 2.24) is 25.2 Å². The highest BCUT2D eigenvalue weighted by Gasteiger charge is 2.31. The molecule has 1 aromatic carbocycles. The Balaban J connectivity index is 1.47. The second-order valence-corrected chi connectivity index (χ2v) is 6.61. The molecule has 26 heavy (non-hydrogen) atoms. The van der Waals surface area contributed by atoms with Gasteiger partial charge in [-0.1, -0.05) is 6.92 Å². The van der Waals surface area contributed by atoms with E-state index in [0.717, 1.165) is 17.5 Å². The molecular formula is C18H19N5O3. The highest BCUT2D eigenvalue weighted by Crippen LogP contribution is 2.20. The van der Waals surface area contributed by atoms with E-state index >= 15 is 0 Å². The lowest BCUT2D eigenvalue weighted by Gasteiger charge is -2.37. The Bertz CT molecular complexity index is 933. The van der Waals surface area contributed by atoms with E-state index in [9.17, 15) is 9.59 Å².